The van der Waals surface area contributed by atoms with Crippen molar-refractivity contribution in [3.63, 3.8) is 0 Å². The average molecular weight is 266 g/mol. The molecule has 0 radical (unpaired) electrons. The van der Waals surface area contributed by atoms with Gasteiger partial charge in [-0.2, -0.15) is 5.10 Å². The normalized spacial score (nSPS) is 24.1. The highest BCUT2D eigenvalue weighted by atomic mass is 32.1. The van der Waals surface area contributed by atoms with Crippen molar-refractivity contribution in [1.82, 2.24) is 14.8 Å². The van der Waals surface area contributed by atoms with Crippen molar-refractivity contribution >= 4 is 17.9 Å². The van der Waals surface area contributed by atoms with Gasteiger partial charge in [0, 0.05) is 10.8 Å². The number of rotatable bonds is 0. The van der Waals surface area contributed by atoms with Gasteiger partial charge in [0.2, 0.25) is 0 Å². The zero-order chi connectivity index (χ0) is 13.9. The van der Waals surface area contributed by atoms with Gasteiger partial charge >= 0.3 is 0 Å². The predicted molar refractivity (Wildman–Crippen MR) is 76.5 cm³/mol. The van der Waals surface area contributed by atoms with Crippen molar-refractivity contribution in [2.45, 2.75) is 54.1 Å². The SMILES string of the molecule is CC(C)(C)C1=NC(C)(C(C)(C)C)n2c1n[nH]c2=S. The lowest BCUT2D eigenvalue weighted by Crippen LogP contribution is -2.39. The van der Waals surface area contributed by atoms with Gasteiger partial charge in [0.05, 0.1) is 5.71 Å². The average Bonchev–Trinajstić information content (AvgIpc) is 2.66. The van der Waals surface area contributed by atoms with Crippen molar-refractivity contribution in [3.8, 4) is 0 Å². The molecule has 0 aliphatic carbocycles. The van der Waals surface area contributed by atoms with Crippen LogP contribution in [-0.4, -0.2) is 20.5 Å². The third-order valence-corrected chi connectivity index (χ3v) is 4.05. The van der Waals surface area contributed by atoms with Crippen molar-refractivity contribution in [3.05, 3.63) is 10.6 Å². The van der Waals surface area contributed by atoms with Gasteiger partial charge in [0.15, 0.2) is 10.6 Å². The van der Waals surface area contributed by atoms with E-state index in [-0.39, 0.29) is 16.5 Å². The molecule has 0 bridgehead atoms. The minimum absolute atomic E-state index is 0.0309. The Hall–Kier alpha value is -0.970. The number of hydrogen-bond donors (Lipinski definition) is 1. The first-order chi connectivity index (χ1) is 7.98. The van der Waals surface area contributed by atoms with Crippen molar-refractivity contribution < 1.29 is 0 Å². The molecule has 1 aliphatic heterocycles. The zero-order valence-electron chi connectivity index (χ0n) is 12.2. The van der Waals surface area contributed by atoms with Gasteiger partial charge in [-0.15, -0.1) is 0 Å². The second-order valence-corrected chi connectivity index (χ2v) is 7.56. The van der Waals surface area contributed by atoms with Gasteiger partial charge in [0.1, 0.15) is 5.66 Å². The minimum atomic E-state index is -0.380. The van der Waals surface area contributed by atoms with Gasteiger partial charge in [-0.3, -0.25) is 14.7 Å². The van der Waals surface area contributed by atoms with Crippen LogP contribution in [0.3, 0.4) is 0 Å². The van der Waals surface area contributed by atoms with Crippen LogP contribution in [0.15, 0.2) is 4.99 Å². The maximum Gasteiger partial charge on any atom is 0.197 e. The molecule has 0 fully saturated rings. The Morgan fingerprint density at radius 1 is 1.17 bits per heavy atom. The maximum absolute atomic E-state index is 5.38. The molecule has 1 atom stereocenters. The first-order valence-electron chi connectivity index (χ1n) is 6.27. The number of nitrogens with zero attached hydrogens (tertiary/aromatic N) is 3. The molecule has 4 nitrogen and oxygen atoms in total. The second kappa shape index (κ2) is 3.53. The van der Waals surface area contributed by atoms with Crippen LogP contribution < -0.4 is 0 Å². The molecular formula is C13H22N4S. The van der Waals surface area contributed by atoms with E-state index in [1.807, 2.05) is 0 Å². The standard InChI is InChI=1S/C13H22N4S/c1-11(2,3)8-9-15-16-10(18)17(9)13(7,14-8)12(4,5)6/h1-7H3,(H,16,18). The molecule has 0 spiro atoms. The van der Waals surface area contributed by atoms with Crippen LogP contribution in [0.4, 0.5) is 0 Å². The number of aromatic nitrogens is 3. The minimum Gasteiger partial charge on any atom is -0.273 e. The highest BCUT2D eigenvalue weighted by Crippen LogP contribution is 2.44. The van der Waals surface area contributed by atoms with Crippen LogP contribution in [0.2, 0.25) is 0 Å². The van der Waals surface area contributed by atoms with Gasteiger partial charge < -0.3 is 0 Å². The fourth-order valence-electron chi connectivity index (χ4n) is 2.18. The summed E-state index contributed by atoms with van der Waals surface area (Å²) in [6, 6.07) is 0. The van der Waals surface area contributed by atoms with Gasteiger partial charge in [-0.25, -0.2) is 0 Å². The van der Waals surface area contributed by atoms with Gasteiger partial charge in [0.25, 0.3) is 0 Å². The Morgan fingerprint density at radius 3 is 2.17 bits per heavy atom. The summed E-state index contributed by atoms with van der Waals surface area (Å²) in [6.07, 6.45) is 0. The molecule has 0 saturated carbocycles. The summed E-state index contributed by atoms with van der Waals surface area (Å²) in [7, 11) is 0. The summed E-state index contributed by atoms with van der Waals surface area (Å²) in [5.41, 5.74) is 0.570. The largest absolute Gasteiger partial charge is 0.273 e. The maximum atomic E-state index is 5.38. The highest BCUT2D eigenvalue weighted by Gasteiger charge is 2.48. The Morgan fingerprint density at radius 2 is 1.72 bits per heavy atom. The number of aromatic amines is 1. The summed E-state index contributed by atoms with van der Waals surface area (Å²) in [6.45, 7) is 15.1. The van der Waals surface area contributed by atoms with E-state index >= 15 is 0 Å². The molecule has 18 heavy (non-hydrogen) atoms. The third-order valence-electron chi connectivity index (χ3n) is 3.78. The zero-order valence-corrected chi connectivity index (χ0v) is 13.1. The quantitative estimate of drug-likeness (QED) is 0.730. The number of fused-ring (bicyclic) bond motifs is 1. The highest BCUT2D eigenvalue weighted by molar-refractivity contribution is 7.71. The molecule has 1 N–H and O–H groups in total. The van der Waals surface area contributed by atoms with E-state index in [2.05, 4.69) is 63.2 Å². The lowest BCUT2D eigenvalue weighted by atomic mass is 9.82. The number of H-pyrrole nitrogens is 1. The van der Waals surface area contributed by atoms with Crippen LogP contribution in [0.25, 0.3) is 0 Å². The molecule has 5 heteroatoms. The van der Waals surface area contributed by atoms with E-state index in [1.165, 1.54) is 0 Å². The smallest absolute Gasteiger partial charge is 0.197 e. The van der Waals surface area contributed by atoms with E-state index in [0.29, 0.717) is 4.77 Å². The molecule has 1 aliphatic rings. The molecule has 0 amide bonds. The Labute approximate surface area is 114 Å². The molecule has 2 heterocycles. The van der Waals surface area contributed by atoms with Crippen molar-refractivity contribution in [1.29, 1.82) is 0 Å². The van der Waals surface area contributed by atoms with Crippen LogP contribution in [0, 0.1) is 15.6 Å². The fraction of sp³-hybridized carbons (Fsp3) is 0.769. The molecule has 1 aromatic rings. The lowest BCUT2D eigenvalue weighted by molar-refractivity contribution is 0.133. The number of hydrogen-bond acceptors (Lipinski definition) is 3. The van der Waals surface area contributed by atoms with Crippen molar-refractivity contribution in [2.75, 3.05) is 0 Å². The summed E-state index contributed by atoms with van der Waals surface area (Å²) >= 11 is 5.38. The number of aliphatic imine (C=N–C) groups is 1. The van der Waals surface area contributed by atoms with E-state index in [9.17, 15) is 0 Å². The van der Waals surface area contributed by atoms with Crippen LogP contribution in [0.1, 0.15) is 54.3 Å². The molecule has 0 saturated heterocycles. The Kier molecular flexibility index (Phi) is 2.64. The van der Waals surface area contributed by atoms with Crippen LogP contribution >= 0.6 is 12.2 Å². The fourth-order valence-corrected chi connectivity index (χ4v) is 2.49. The monoisotopic (exact) mass is 266 g/mol. The molecule has 1 unspecified atom stereocenters. The third kappa shape index (κ3) is 1.67. The van der Waals surface area contributed by atoms with Crippen molar-refractivity contribution in [2.24, 2.45) is 15.8 Å². The lowest BCUT2D eigenvalue weighted by Gasteiger charge is -2.37. The van der Waals surface area contributed by atoms with Crippen LogP contribution in [0.5, 0.6) is 0 Å². The molecule has 100 valence electrons. The first kappa shape index (κ1) is 13.5. The van der Waals surface area contributed by atoms with E-state index in [0.717, 1.165) is 11.5 Å². The summed E-state index contributed by atoms with van der Waals surface area (Å²) in [5, 5.41) is 7.27. The van der Waals surface area contributed by atoms with E-state index in [4.69, 9.17) is 17.2 Å². The summed E-state index contributed by atoms with van der Waals surface area (Å²) in [4.78, 5) is 4.98. The van der Waals surface area contributed by atoms with Gasteiger partial charge in [-0.05, 0) is 19.1 Å². The second-order valence-electron chi connectivity index (χ2n) is 7.17. The summed E-state index contributed by atoms with van der Waals surface area (Å²) < 4.78 is 2.70. The van der Waals surface area contributed by atoms with E-state index < -0.39 is 0 Å². The number of nitrogens with one attached hydrogen (secondary N) is 1. The molecule has 0 aromatic carbocycles. The summed E-state index contributed by atoms with van der Waals surface area (Å²) in [5.74, 6) is 0.880. The first-order valence-corrected chi connectivity index (χ1v) is 6.68. The Balaban J connectivity index is 2.77. The van der Waals surface area contributed by atoms with E-state index in [1.54, 1.807) is 0 Å². The molecule has 2 rings (SSSR count). The molecular weight excluding hydrogens is 244 g/mol. The van der Waals surface area contributed by atoms with Gasteiger partial charge in [-0.1, -0.05) is 41.5 Å². The van der Waals surface area contributed by atoms with Crippen LogP contribution in [-0.2, 0) is 5.66 Å². The molecule has 1 aromatic heterocycles. The predicted octanol–water partition coefficient (Wildman–Crippen LogP) is 3.51. The Bertz CT molecular complexity index is 565. The topological polar surface area (TPSA) is 46.0 Å².